The molecule has 2 atom stereocenters. The summed E-state index contributed by atoms with van der Waals surface area (Å²) in [6.45, 7) is 3.15. The van der Waals surface area contributed by atoms with Crippen molar-refractivity contribution in [3.05, 3.63) is 93.7 Å². The molecule has 1 fully saturated rings. The minimum Gasteiger partial charge on any atom is -0.497 e. The zero-order chi connectivity index (χ0) is 22.9. The third kappa shape index (κ3) is 4.41. The Morgan fingerprint density at radius 1 is 1.03 bits per heavy atom. The van der Waals surface area contributed by atoms with E-state index in [1.165, 1.54) is 12.1 Å². The molecule has 170 valence electrons. The second-order valence-corrected chi connectivity index (χ2v) is 8.89. The highest BCUT2D eigenvalue weighted by Gasteiger charge is 2.35. The summed E-state index contributed by atoms with van der Waals surface area (Å²) in [5, 5.41) is 2.77. The van der Waals surface area contributed by atoms with E-state index in [4.69, 9.17) is 4.74 Å². The minimum absolute atomic E-state index is 0.156. The van der Waals surface area contributed by atoms with Gasteiger partial charge in [0.2, 0.25) is 0 Å². The molecule has 0 aliphatic carbocycles. The Labute approximate surface area is 191 Å². The van der Waals surface area contributed by atoms with Crippen LogP contribution >= 0.6 is 0 Å². The number of hydrogen-bond acceptors (Lipinski definition) is 4. The monoisotopic (exact) mass is 447 g/mol. The summed E-state index contributed by atoms with van der Waals surface area (Å²) in [5.41, 5.74) is 2.71. The fraction of sp³-hybridized carbons (Fsp3) is 0.308. The maximum Gasteiger partial charge on any atom is 0.274 e. The molecule has 2 bridgehead atoms. The van der Waals surface area contributed by atoms with Crippen LogP contribution in [0.15, 0.2) is 65.5 Å². The van der Waals surface area contributed by atoms with E-state index >= 15 is 0 Å². The highest BCUT2D eigenvalue weighted by Crippen LogP contribution is 2.36. The zero-order valence-corrected chi connectivity index (χ0v) is 18.5. The number of carbonyl (C=O) groups excluding carboxylic acids is 1. The van der Waals surface area contributed by atoms with Gasteiger partial charge in [-0.15, -0.1) is 0 Å². The normalized spacial score (nSPS) is 19.6. The molecule has 1 N–H and O–H groups in total. The summed E-state index contributed by atoms with van der Waals surface area (Å²) in [6, 6.07) is 17.1. The van der Waals surface area contributed by atoms with Gasteiger partial charge in [-0.1, -0.05) is 12.1 Å². The summed E-state index contributed by atoms with van der Waals surface area (Å²) >= 11 is 0. The number of aromatic nitrogens is 1. The summed E-state index contributed by atoms with van der Waals surface area (Å²) in [5.74, 6) is 0.744. The molecular weight excluding hydrogens is 421 g/mol. The molecular formula is C26H26FN3O3. The first-order valence-electron chi connectivity index (χ1n) is 11.2. The lowest BCUT2D eigenvalue weighted by Gasteiger charge is -2.43. The van der Waals surface area contributed by atoms with Crippen LogP contribution in [0, 0.1) is 11.7 Å². The van der Waals surface area contributed by atoms with E-state index in [1.807, 2.05) is 22.8 Å². The number of nitrogens with one attached hydrogen (secondary N) is 1. The quantitative estimate of drug-likeness (QED) is 0.645. The van der Waals surface area contributed by atoms with Gasteiger partial charge in [0.25, 0.3) is 11.5 Å². The number of benzene rings is 2. The van der Waals surface area contributed by atoms with Crippen molar-refractivity contribution in [1.29, 1.82) is 0 Å². The van der Waals surface area contributed by atoms with Crippen LogP contribution < -0.4 is 15.6 Å². The summed E-state index contributed by atoms with van der Waals surface area (Å²) in [6.07, 6.45) is 1.05. The Balaban J connectivity index is 1.32. The van der Waals surface area contributed by atoms with Crippen LogP contribution in [-0.4, -0.2) is 35.6 Å². The number of likely N-dealkylation sites (tertiary alicyclic amines) is 1. The Hall–Kier alpha value is -3.45. The molecule has 0 saturated carbocycles. The summed E-state index contributed by atoms with van der Waals surface area (Å²) < 4.78 is 20.2. The van der Waals surface area contributed by atoms with Gasteiger partial charge in [0.1, 0.15) is 17.3 Å². The first-order valence-corrected chi connectivity index (χ1v) is 11.2. The molecule has 6 nitrogen and oxygen atoms in total. The molecule has 33 heavy (non-hydrogen) atoms. The number of carbonyl (C=O) groups is 1. The van der Waals surface area contributed by atoms with Crippen LogP contribution in [0.4, 0.5) is 10.1 Å². The van der Waals surface area contributed by atoms with E-state index in [0.29, 0.717) is 29.5 Å². The van der Waals surface area contributed by atoms with E-state index < -0.39 is 0 Å². The maximum absolute atomic E-state index is 13.2. The van der Waals surface area contributed by atoms with Gasteiger partial charge in [-0.3, -0.25) is 14.5 Å². The number of hydrogen-bond donors (Lipinski definition) is 1. The molecule has 2 aliphatic rings. The van der Waals surface area contributed by atoms with E-state index in [9.17, 15) is 14.0 Å². The van der Waals surface area contributed by atoms with Crippen molar-refractivity contribution in [3.8, 4) is 5.75 Å². The number of piperidine rings is 1. The van der Waals surface area contributed by atoms with Crippen molar-refractivity contribution in [2.24, 2.45) is 5.92 Å². The van der Waals surface area contributed by atoms with Gasteiger partial charge in [-0.2, -0.15) is 0 Å². The molecule has 7 heteroatoms. The van der Waals surface area contributed by atoms with Crippen LogP contribution in [0.2, 0.25) is 0 Å². The molecule has 3 heterocycles. The number of nitrogens with zero attached hydrogens (tertiary/aromatic N) is 2. The Bertz CT molecular complexity index is 1220. The van der Waals surface area contributed by atoms with Crippen molar-refractivity contribution in [2.75, 3.05) is 25.5 Å². The number of anilines is 1. The maximum atomic E-state index is 13.2. The average molecular weight is 448 g/mol. The number of pyridine rings is 1. The third-order valence-corrected chi connectivity index (χ3v) is 6.60. The predicted molar refractivity (Wildman–Crippen MR) is 124 cm³/mol. The third-order valence-electron chi connectivity index (χ3n) is 6.60. The van der Waals surface area contributed by atoms with Gasteiger partial charge in [0.05, 0.1) is 7.11 Å². The standard InChI is InChI=1S/C26H26FN3O3/c1-33-22-8-4-19(5-9-22)25(31)28-23-10-11-24-20-12-18(15-30(24)26(23)32)14-29(16-20)13-17-2-6-21(27)7-3-17/h2-11,18,20H,12-16H2,1H3,(H,28,31)/t18-,20-/m1/s1. The Kier molecular flexibility index (Phi) is 5.72. The largest absolute Gasteiger partial charge is 0.497 e. The molecule has 1 aromatic heterocycles. The second kappa shape index (κ2) is 8.83. The van der Waals surface area contributed by atoms with Crippen LogP contribution in [0.1, 0.15) is 34.0 Å². The number of amides is 1. The summed E-state index contributed by atoms with van der Waals surface area (Å²) in [7, 11) is 1.57. The lowest BCUT2D eigenvalue weighted by atomic mass is 9.83. The van der Waals surface area contributed by atoms with Crippen molar-refractivity contribution >= 4 is 11.6 Å². The van der Waals surface area contributed by atoms with Crippen molar-refractivity contribution < 1.29 is 13.9 Å². The molecule has 0 unspecified atom stereocenters. The number of rotatable bonds is 5. The topological polar surface area (TPSA) is 63.6 Å². The Morgan fingerprint density at radius 3 is 2.52 bits per heavy atom. The molecule has 3 aromatic rings. The van der Waals surface area contributed by atoms with Crippen molar-refractivity contribution in [2.45, 2.75) is 25.4 Å². The number of fused-ring (bicyclic) bond motifs is 4. The van der Waals surface area contributed by atoms with E-state index in [0.717, 1.165) is 37.3 Å². The predicted octanol–water partition coefficient (Wildman–Crippen LogP) is 3.87. The number of halogens is 1. The van der Waals surface area contributed by atoms with Gasteiger partial charge in [-0.05, 0) is 66.4 Å². The minimum atomic E-state index is -0.322. The molecule has 0 radical (unpaired) electrons. The van der Waals surface area contributed by atoms with E-state index in [1.54, 1.807) is 37.4 Å². The summed E-state index contributed by atoms with van der Waals surface area (Å²) in [4.78, 5) is 28.2. The first kappa shape index (κ1) is 21.4. The van der Waals surface area contributed by atoms with Crippen LogP contribution in [-0.2, 0) is 13.1 Å². The highest BCUT2D eigenvalue weighted by molar-refractivity contribution is 6.04. The van der Waals surface area contributed by atoms with Gasteiger partial charge in [-0.25, -0.2) is 4.39 Å². The van der Waals surface area contributed by atoms with Crippen LogP contribution in [0.3, 0.4) is 0 Å². The fourth-order valence-electron chi connectivity index (χ4n) is 5.05. The number of methoxy groups -OCH3 is 1. The zero-order valence-electron chi connectivity index (χ0n) is 18.5. The molecule has 2 aromatic carbocycles. The van der Waals surface area contributed by atoms with Gasteiger partial charge < -0.3 is 14.6 Å². The number of ether oxygens (including phenoxy) is 1. The van der Waals surface area contributed by atoms with Gasteiger partial charge in [0, 0.05) is 43.4 Å². The van der Waals surface area contributed by atoms with E-state index in [-0.39, 0.29) is 23.2 Å². The Morgan fingerprint density at radius 2 is 1.79 bits per heavy atom. The SMILES string of the molecule is COc1ccc(C(=O)Nc2ccc3n(c2=O)C[C@@H]2C[C@@H]3CN(Cc3ccc(F)cc3)C2)cc1. The lowest BCUT2D eigenvalue weighted by Crippen LogP contribution is -2.47. The average Bonchev–Trinajstić information content (AvgIpc) is 2.82. The molecule has 0 spiro atoms. The first-order chi connectivity index (χ1) is 16.0. The fourth-order valence-corrected chi connectivity index (χ4v) is 5.05. The molecule has 1 saturated heterocycles. The van der Waals surface area contributed by atoms with Gasteiger partial charge in [0.15, 0.2) is 0 Å². The molecule has 1 amide bonds. The second-order valence-electron chi connectivity index (χ2n) is 8.89. The van der Waals surface area contributed by atoms with Gasteiger partial charge >= 0.3 is 0 Å². The van der Waals surface area contributed by atoms with Crippen LogP contribution in [0.25, 0.3) is 0 Å². The molecule has 5 rings (SSSR count). The molecule has 2 aliphatic heterocycles. The van der Waals surface area contributed by atoms with Crippen molar-refractivity contribution in [3.63, 3.8) is 0 Å². The van der Waals surface area contributed by atoms with E-state index in [2.05, 4.69) is 10.2 Å². The van der Waals surface area contributed by atoms with Crippen LogP contribution in [0.5, 0.6) is 5.75 Å². The van der Waals surface area contributed by atoms with Crippen molar-refractivity contribution in [1.82, 2.24) is 9.47 Å². The smallest absolute Gasteiger partial charge is 0.274 e. The lowest BCUT2D eigenvalue weighted by molar-refractivity contribution is 0.102. The highest BCUT2D eigenvalue weighted by atomic mass is 19.1.